The number of carbonyl (C=O) groups is 1. The predicted molar refractivity (Wildman–Crippen MR) is 91.1 cm³/mol. The van der Waals surface area contributed by atoms with Crippen molar-refractivity contribution >= 4 is 11.9 Å². The van der Waals surface area contributed by atoms with Crippen molar-refractivity contribution in [1.29, 1.82) is 5.26 Å². The molecular formula is C17H20N6O2. The zero-order valence-corrected chi connectivity index (χ0v) is 14.5. The highest BCUT2D eigenvalue weighted by molar-refractivity contribution is 5.93. The number of anilines is 1. The number of carbonyl (C=O) groups excluding carboxylic acids is 1. The van der Waals surface area contributed by atoms with Gasteiger partial charge < -0.3 is 19.1 Å². The van der Waals surface area contributed by atoms with Crippen LogP contribution in [0.1, 0.15) is 27.8 Å². The quantitative estimate of drug-likeness (QED) is 0.827. The van der Waals surface area contributed by atoms with Crippen LogP contribution in [0.2, 0.25) is 0 Å². The highest BCUT2D eigenvalue weighted by Crippen LogP contribution is 2.23. The third-order valence-electron chi connectivity index (χ3n) is 4.10. The third kappa shape index (κ3) is 3.46. The molecule has 0 aliphatic carbocycles. The van der Waals surface area contributed by atoms with E-state index in [1.807, 2.05) is 25.1 Å². The van der Waals surface area contributed by atoms with Crippen LogP contribution in [-0.2, 0) is 11.8 Å². The van der Waals surface area contributed by atoms with E-state index >= 15 is 0 Å². The molecule has 0 bridgehead atoms. The lowest BCUT2D eigenvalue weighted by Crippen LogP contribution is -2.43. The minimum Gasteiger partial charge on any atom is -0.368 e. The number of morpholine rings is 1. The Morgan fingerprint density at radius 2 is 2.28 bits per heavy atom. The van der Waals surface area contributed by atoms with Gasteiger partial charge in [-0.15, -0.1) is 0 Å². The van der Waals surface area contributed by atoms with Gasteiger partial charge >= 0.3 is 0 Å². The van der Waals surface area contributed by atoms with E-state index in [9.17, 15) is 4.79 Å². The van der Waals surface area contributed by atoms with Crippen LogP contribution in [0.15, 0.2) is 24.5 Å². The molecule has 1 aliphatic heterocycles. The summed E-state index contributed by atoms with van der Waals surface area (Å²) in [4.78, 5) is 25.1. The summed E-state index contributed by atoms with van der Waals surface area (Å²) in [5, 5.41) is 9.00. The summed E-state index contributed by atoms with van der Waals surface area (Å²) >= 11 is 0. The summed E-state index contributed by atoms with van der Waals surface area (Å²) in [6.07, 6.45) is 3.05. The van der Waals surface area contributed by atoms with Gasteiger partial charge in [0.15, 0.2) is 0 Å². The van der Waals surface area contributed by atoms with E-state index in [1.165, 1.54) is 0 Å². The fourth-order valence-electron chi connectivity index (χ4n) is 2.77. The smallest absolute Gasteiger partial charge is 0.270 e. The van der Waals surface area contributed by atoms with Gasteiger partial charge in [-0.05, 0) is 12.1 Å². The predicted octanol–water partition coefficient (Wildman–Crippen LogP) is 0.966. The molecular weight excluding hydrogens is 320 g/mol. The Balaban J connectivity index is 1.79. The molecule has 1 aliphatic rings. The van der Waals surface area contributed by atoms with Gasteiger partial charge in [-0.25, -0.2) is 9.97 Å². The van der Waals surface area contributed by atoms with Crippen LogP contribution in [-0.4, -0.2) is 59.1 Å². The van der Waals surface area contributed by atoms with Crippen LogP contribution < -0.4 is 4.90 Å². The van der Waals surface area contributed by atoms with E-state index in [2.05, 4.69) is 16.0 Å². The molecule has 0 N–H and O–H groups in total. The Kier molecular flexibility index (Phi) is 4.67. The molecule has 1 saturated heterocycles. The Hall–Kier alpha value is -2.92. The third-order valence-corrected chi connectivity index (χ3v) is 4.10. The molecule has 8 nitrogen and oxygen atoms in total. The number of rotatable bonds is 3. The highest BCUT2D eigenvalue weighted by atomic mass is 16.5. The Morgan fingerprint density at radius 1 is 1.48 bits per heavy atom. The first-order chi connectivity index (χ1) is 12.0. The number of hydrogen-bond donors (Lipinski definition) is 0. The van der Waals surface area contributed by atoms with Gasteiger partial charge in [-0.1, -0.05) is 0 Å². The molecule has 2 aromatic rings. The Labute approximate surface area is 146 Å². The zero-order valence-electron chi connectivity index (χ0n) is 14.5. The molecule has 1 fully saturated rings. The normalized spacial score (nSPS) is 17.2. The molecule has 8 heteroatoms. The number of aryl methyl sites for hydroxylation is 1. The number of aromatic nitrogens is 3. The minimum absolute atomic E-state index is 0.112. The maximum absolute atomic E-state index is 12.8. The van der Waals surface area contributed by atoms with E-state index in [1.54, 1.807) is 35.0 Å². The van der Waals surface area contributed by atoms with E-state index in [0.29, 0.717) is 36.9 Å². The maximum Gasteiger partial charge on any atom is 0.270 e. The lowest BCUT2D eigenvalue weighted by Gasteiger charge is -2.32. The molecule has 1 atom stereocenters. The molecule has 1 amide bonds. The lowest BCUT2D eigenvalue weighted by molar-refractivity contribution is -0.0250. The Bertz CT molecular complexity index is 823. The molecule has 0 radical (unpaired) electrons. The van der Waals surface area contributed by atoms with Crippen LogP contribution in [0.4, 0.5) is 5.95 Å². The molecule has 3 heterocycles. The molecule has 0 unspecified atom stereocenters. The second kappa shape index (κ2) is 6.91. The summed E-state index contributed by atoms with van der Waals surface area (Å²) in [7, 11) is 5.51. The largest absolute Gasteiger partial charge is 0.368 e. The highest BCUT2D eigenvalue weighted by Gasteiger charge is 2.28. The molecule has 25 heavy (non-hydrogen) atoms. The van der Waals surface area contributed by atoms with Gasteiger partial charge in [0.1, 0.15) is 17.9 Å². The minimum atomic E-state index is -0.296. The van der Waals surface area contributed by atoms with E-state index in [0.717, 1.165) is 5.69 Å². The van der Waals surface area contributed by atoms with Crippen molar-refractivity contribution in [3.8, 4) is 6.07 Å². The summed E-state index contributed by atoms with van der Waals surface area (Å²) in [6, 6.07) is 5.48. The molecule has 3 rings (SSSR count). The van der Waals surface area contributed by atoms with E-state index < -0.39 is 0 Å². The van der Waals surface area contributed by atoms with Crippen LogP contribution >= 0.6 is 0 Å². The van der Waals surface area contributed by atoms with Crippen LogP contribution in [0.3, 0.4) is 0 Å². The summed E-state index contributed by atoms with van der Waals surface area (Å²) < 4.78 is 7.49. The number of hydrogen-bond acceptors (Lipinski definition) is 6. The lowest BCUT2D eigenvalue weighted by atomic mass is 10.2. The molecule has 2 aromatic heterocycles. The van der Waals surface area contributed by atoms with Gasteiger partial charge in [-0.2, -0.15) is 5.26 Å². The first kappa shape index (κ1) is 16.9. The fourth-order valence-corrected chi connectivity index (χ4v) is 2.77. The second-order valence-electron chi connectivity index (χ2n) is 6.12. The van der Waals surface area contributed by atoms with Crippen molar-refractivity contribution in [3.63, 3.8) is 0 Å². The number of amides is 1. The van der Waals surface area contributed by atoms with Gasteiger partial charge in [-0.3, -0.25) is 4.79 Å². The average Bonchev–Trinajstić information content (AvgIpc) is 3.02. The van der Waals surface area contributed by atoms with Gasteiger partial charge in [0.2, 0.25) is 5.95 Å². The van der Waals surface area contributed by atoms with Crippen molar-refractivity contribution < 1.29 is 9.53 Å². The number of ether oxygens (including phenoxy) is 1. The van der Waals surface area contributed by atoms with Gasteiger partial charge in [0.05, 0.1) is 24.4 Å². The summed E-state index contributed by atoms with van der Waals surface area (Å²) in [5.41, 5.74) is 1.72. The SMILES string of the molecule is CN(C)c1nccc([C@@H]2CN(C(=O)c3cc(C#N)cn3C)CCO2)n1. The first-order valence-electron chi connectivity index (χ1n) is 7.97. The van der Waals surface area contributed by atoms with Crippen molar-refractivity contribution in [3.05, 3.63) is 41.5 Å². The fraction of sp³-hybridized carbons (Fsp3) is 0.412. The maximum atomic E-state index is 12.8. The molecule has 0 spiro atoms. The number of nitrogens with zero attached hydrogens (tertiary/aromatic N) is 6. The van der Waals surface area contributed by atoms with Crippen LogP contribution in [0, 0.1) is 11.3 Å². The van der Waals surface area contributed by atoms with Crippen LogP contribution in [0.5, 0.6) is 0 Å². The Morgan fingerprint density at radius 3 is 2.96 bits per heavy atom. The topological polar surface area (TPSA) is 87.3 Å². The van der Waals surface area contributed by atoms with Crippen LogP contribution in [0.25, 0.3) is 0 Å². The molecule has 0 aromatic carbocycles. The van der Waals surface area contributed by atoms with E-state index in [-0.39, 0.29) is 12.0 Å². The summed E-state index contributed by atoms with van der Waals surface area (Å²) in [5.74, 6) is 0.491. The van der Waals surface area contributed by atoms with Crippen molar-refractivity contribution in [2.45, 2.75) is 6.10 Å². The monoisotopic (exact) mass is 340 g/mol. The van der Waals surface area contributed by atoms with Gasteiger partial charge in [0.25, 0.3) is 5.91 Å². The van der Waals surface area contributed by atoms with Crippen molar-refractivity contribution in [1.82, 2.24) is 19.4 Å². The first-order valence-corrected chi connectivity index (χ1v) is 7.97. The van der Waals surface area contributed by atoms with E-state index in [4.69, 9.17) is 10.00 Å². The summed E-state index contributed by atoms with van der Waals surface area (Å²) in [6.45, 7) is 1.36. The average molecular weight is 340 g/mol. The molecule has 0 saturated carbocycles. The van der Waals surface area contributed by atoms with Gasteiger partial charge in [0, 0.05) is 40.1 Å². The van der Waals surface area contributed by atoms with Crippen molar-refractivity contribution in [2.24, 2.45) is 7.05 Å². The standard InChI is InChI=1S/C17H20N6O2/c1-21(2)17-19-5-4-13(20-17)15-11-23(6-7-25-15)16(24)14-8-12(9-18)10-22(14)3/h4-5,8,10,15H,6-7,11H2,1-3H3/t15-/m0/s1. The number of nitriles is 1. The van der Waals surface area contributed by atoms with Crippen molar-refractivity contribution in [2.75, 3.05) is 38.7 Å². The molecule has 130 valence electrons. The zero-order chi connectivity index (χ0) is 18.0. The second-order valence-corrected chi connectivity index (χ2v) is 6.12.